The summed E-state index contributed by atoms with van der Waals surface area (Å²) in [5.41, 5.74) is 6.41. The highest BCUT2D eigenvalue weighted by atomic mass is 16.2. The van der Waals surface area contributed by atoms with Gasteiger partial charge in [-0.25, -0.2) is 0 Å². The van der Waals surface area contributed by atoms with Crippen molar-refractivity contribution in [3.05, 3.63) is 18.0 Å². The van der Waals surface area contributed by atoms with E-state index in [0.29, 0.717) is 13.1 Å². The van der Waals surface area contributed by atoms with E-state index in [2.05, 4.69) is 15.5 Å². The maximum atomic E-state index is 12.1. The van der Waals surface area contributed by atoms with Gasteiger partial charge in [-0.2, -0.15) is 5.10 Å². The van der Waals surface area contributed by atoms with Crippen LogP contribution in [0.25, 0.3) is 0 Å². The number of amides is 1. The van der Waals surface area contributed by atoms with Gasteiger partial charge in [0.1, 0.15) is 0 Å². The molecule has 0 atom stereocenters. The van der Waals surface area contributed by atoms with E-state index in [1.54, 1.807) is 12.4 Å². The number of nitrogens with one attached hydrogen (secondary N) is 2. The van der Waals surface area contributed by atoms with Gasteiger partial charge in [-0.15, -0.1) is 0 Å². The van der Waals surface area contributed by atoms with Crippen LogP contribution < -0.4 is 11.1 Å². The van der Waals surface area contributed by atoms with Crippen molar-refractivity contribution in [2.24, 2.45) is 11.1 Å². The fraction of sp³-hybridized carbons (Fsp3) is 0.636. The minimum absolute atomic E-state index is 0.0914. The van der Waals surface area contributed by atoms with Gasteiger partial charge in [0.05, 0.1) is 11.6 Å². The SMILES string of the molecule is NCC1(C(=O)NCc2cn[nH]c2)CCCC1. The van der Waals surface area contributed by atoms with Crippen LogP contribution in [0.4, 0.5) is 0 Å². The number of rotatable bonds is 4. The normalized spacial score (nSPS) is 18.6. The highest BCUT2D eigenvalue weighted by Gasteiger charge is 2.39. The topological polar surface area (TPSA) is 83.8 Å². The molecule has 0 aliphatic heterocycles. The molecule has 1 aromatic heterocycles. The van der Waals surface area contributed by atoms with E-state index >= 15 is 0 Å². The van der Waals surface area contributed by atoms with Crippen LogP contribution in [-0.4, -0.2) is 22.6 Å². The Morgan fingerprint density at radius 2 is 2.31 bits per heavy atom. The third-order valence-corrected chi connectivity index (χ3v) is 3.44. The van der Waals surface area contributed by atoms with E-state index in [1.165, 1.54) is 0 Å². The highest BCUT2D eigenvalue weighted by molar-refractivity contribution is 5.83. The number of aromatic amines is 1. The third-order valence-electron chi connectivity index (χ3n) is 3.44. The average molecular weight is 222 g/mol. The first-order chi connectivity index (χ1) is 7.77. The lowest BCUT2D eigenvalue weighted by Gasteiger charge is -2.25. The quantitative estimate of drug-likeness (QED) is 0.695. The monoisotopic (exact) mass is 222 g/mol. The lowest BCUT2D eigenvalue weighted by Crippen LogP contribution is -2.43. The maximum Gasteiger partial charge on any atom is 0.227 e. The van der Waals surface area contributed by atoms with Gasteiger partial charge < -0.3 is 11.1 Å². The second-order valence-electron chi connectivity index (χ2n) is 4.48. The van der Waals surface area contributed by atoms with Crippen LogP contribution in [0.5, 0.6) is 0 Å². The molecule has 5 nitrogen and oxygen atoms in total. The molecule has 4 N–H and O–H groups in total. The Bertz CT molecular complexity index is 341. The summed E-state index contributed by atoms with van der Waals surface area (Å²) in [6, 6.07) is 0. The smallest absolute Gasteiger partial charge is 0.227 e. The molecule has 1 aliphatic carbocycles. The van der Waals surface area contributed by atoms with E-state index in [0.717, 1.165) is 31.2 Å². The van der Waals surface area contributed by atoms with E-state index in [4.69, 9.17) is 5.73 Å². The van der Waals surface area contributed by atoms with Crippen molar-refractivity contribution in [2.45, 2.75) is 32.2 Å². The number of nitrogens with zero attached hydrogens (tertiary/aromatic N) is 1. The van der Waals surface area contributed by atoms with Crippen molar-refractivity contribution in [2.75, 3.05) is 6.54 Å². The highest BCUT2D eigenvalue weighted by Crippen LogP contribution is 2.37. The molecule has 0 aromatic carbocycles. The van der Waals surface area contributed by atoms with Crippen molar-refractivity contribution in [3.8, 4) is 0 Å². The zero-order valence-corrected chi connectivity index (χ0v) is 9.33. The average Bonchev–Trinajstić information content (AvgIpc) is 2.97. The van der Waals surface area contributed by atoms with E-state index in [-0.39, 0.29) is 11.3 Å². The summed E-state index contributed by atoms with van der Waals surface area (Å²) in [7, 11) is 0. The molecular weight excluding hydrogens is 204 g/mol. The molecule has 1 amide bonds. The van der Waals surface area contributed by atoms with Gasteiger partial charge in [0.15, 0.2) is 0 Å². The predicted octanol–water partition coefficient (Wildman–Crippen LogP) is 0.545. The third kappa shape index (κ3) is 2.09. The summed E-state index contributed by atoms with van der Waals surface area (Å²) in [5.74, 6) is 0.0914. The molecule has 88 valence electrons. The van der Waals surface area contributed by atoms with Crippen LogP contribution in [0, 0.1) is 5.41 Å². The molecular formula is C11H18N4O. The number of H-pyrrole nitrogens is 1. The van der Waals surface area contributed by atoms with Gasteiger partial charge in [-0.1, -0.05) is 12.8 Å². The van der Waals surface area contributed by atoms with Crippen molar-refractivity contribution in [1.82, 2.24) is 15.5 Å². The second-order valence-corrected chi connectivity index (χ2v) is 4.48. The van der Waals surface area contributed by atoms with Gasteiger partial charge in [0.25, 0.3) is 0 Å². The molecule has 0 saturated heterocycles. The number of nitrogens with two attached hydrogens (primary N) is 1. The number of aromatic nitrogens is 2. The van der Waals surface area contributed by atoms with Crippen LogP contribution in [0.2, 0.25) is 0 Å². The summed E-state index contributed by atoms with van der Waals surface area (Å²) < 4.78 is 0. The minimum atomic E-state index is -0.316. The number of hydrogen-bond donors (Lipinski definition) is 3. The molecule has 2 rings (SSSR count). The Kier molecular flexibility index (Phi) is 3.24. The van der Waals surface area contributed by atoms with Crippen molar-refractivity contribution in [1.29, 1.82) is 0 Å². The summed E-state index contributed by atoms with van der Waals surface area (Å²) >= 11 is 0. The molecule has 0 radical (unpaired) electrons. The largest absolute Gasteiger partial charge is 0.351 e. The molecule has 0 spiro atoms. The number of hydrogen-bond acceptors (Lipinski definition) is 3. The van der Waals surface area contributed by atoms with Gasteiger partial charge in [-0.05, 0) is 12.8 Å². The second kappa shape index (κ2) is 4.65. The van der Waals surface area contributed by atoms with Crippen LogP contribution in [-0.2, 0) is 11.3 Å². The molecule has 1 aromatic rings. The van der Waals surface area contributed by atoms with Crippen LogP contribution in [0.3, 0.4) is 0 Å². The van der Waals surface area contributed by atoms with Gasteiger partial charge in [0, 0.05) is 24.8 Å². The minimum Gasteiger partial charge on any atom is -0.351 e. The molecule has 0 bridgehead atoms. The zero-order valence-electron chi connectivity index (χ0n) is 9.33. The van der Waals surface area contributed by atoms with E-state index in [9.17, 15) is 4.79 Å². The van der Waals surface area contributed by atoms with Gasteiger partial charge in [-0.3, -0.25) is 9.89 Å². The Hall–Kier alpha value is -1.36. The van der Waals surface area contributed by atoms with E-state index in [1.807, 2.05) is 0 Å². The maximum absolute atomic E-state index is 12.1. The molecule has 1 aliphatic rings. The molecule has 16 heavy (non-hydrogen) atoms. The molecule has 1 saturated carbocycles. The Morgan fingerprint density at radius 3 is 2.88 bits per heavy atom. The first-order valence-electron chi connectivity index (χ1n) is 5.73. The lowest BCUT2D eigenvalue weighted by molar-refractivity contribution is -0.130. The van der Waals surface area contributed by atoms with Gasteiger partial charge in [0.2, 0.25) is 5.91 Å². The fourth-order valence-corrected chi connectivity index (χ4v) is 2.32. The first-order valence-corrected chi connectivity index (χ1v) is 5.73. The van der Waals surface area contributed by atoms with Crippen LogP contribution in [0.1, 0.15) is 31.2 Å². The standard InChI is InChI=1S/C11H18N4O/c12-8-11(3-1-2-4-11)10(16)13-5-9-6-14-15-7-9/h6-7H,1-5,8,12H2,(H,13,16)(H,14,15). The van der Waals surface area contributed by atoms with Gasteiger partial charge >= 0.3 is 0 Å². The lowest BCUT2D eigenvalue weighted by atomic mass is 9.85. The zero-order chi connectivity index (χ0) is 11.4. The Labute approximate surface area is 94.8 Å². The van der Waals surface area contributed by atoms with Crippen LogP contribution in [0.15, 0.2) is 12.4 Å². The number of carbonyl (C=O) groups is 1. The predicted molar refractivity (Wildman–Crippen MR) is 60.4 cm³/mol. The summed E-state index contributed by atoms with van der Waals surface area (Å²) in [6.45, 7) is 0.974. The fourth-order valence-electron chi connectivity index (χ4n) is 2.32. The van der Waals surface area contributed by atoms with Crippen molar-refractivity contribution >= 4 is 5.91 Å². The van der Waals surface area contributed by atoms with E-state index < -0.39 is 0 Å². The molecule has 5 heteroatoms. The number of carbonyl (C=O) groups excluding carboxylic acids is 1. The summed E-state index contributed by atoms with van der Waals surface area (Å²) in [5, 5.41) is 9.49. The van der Waals surface area contributed by atoms with Crippen molar-refractivity contribution in [3.63, 3.8) is 0 Å². The Balaban J connectivity index is 1.91. The molecule has 1 heterocycles. The first kappa shape index (κ1) is 11.1. The molecule has 1 fully saturated rings. The van der Waals surface area contributed by atoms with Crippen molar-refractivity contribution < 1.29 is 4.79 Å². The molecule has 0 unspecified atom stereocenters. The summed E-state index contributed by atoms with van der Waals surface area (Å²) in [4.78, 5) is 12.1. The van der Waals surface area contributed by atoms with Crippen LogP contribution >= 0.6 is 0 Å². The summed E-state index contributed by atoms with van der Waals surface area (Å²) in [6.07, 6.45) is 7.54. The Morgan fingerprint density at radius 1 is 1.56 bits per heavy atom.